The number of fused-ring (bicyclic) bond motifs is 1. The highest BCUT2D eigenvalue weighted by atomic mass is 14.4. The van der Waals surface area contributed by atoms with E-state index in [4.69, 9.17) is 0 Å². The van der Waals surface area contributed by atoms with Gasteiger partial charge >= 0.3 is 0 Å². The molecule has 1 unspecified atom stereocenters. The van der Waals surface area contributed by atoms with Crippen molar-refractivity contribution in [3.05, 3.63) is 77.4 Å². The summed E-state index contributed by atoms with van der Waals surface area (Å²) in [6, 6.07) is 19.7. The number of benzene rings is 2. The van der Waals surface area contributed by atoms with E-state index in [0.717, 1.165) is 12.8 Å². The molecule has 0 amide bonds. The maximum Gasteiger partial charge on any atom is 0.0218 e. The van der Waals surface area contributed by atoms with Crippen LogP contribution in [0.1, 0.15) is 37.0 Å². The molecule has 0 heteroatoms. The normalized spacial score (nSPS) is 23.6. The van der Waals surface area contributed by atoms with E-state index in [1.807, 2.05) is 0 Å². The van der Waals surface area contributed by atoms with Crippen LogP contribution in [0.2, 0.25) is 0 Å². The minimum absolute atomic E-state index is 0.126. The zero-order chi connectivity index (χ0) is 13.3. The van der Waals surface area contributed by atoms with Gasteiger partial charge in [0.25, 0.3) is 0 Å². The summed E-state index contributed by atoms with van der Waals surface area (Å²) in [5, 5.41) is 0. The molecule has 0 aromatic heterocycles. The van der Waals surface area contributed by atoms with Gasteiger partial charge < -0.3 is 0 Å². The molecule has 0 fully saturated rings. The highest BCUT2D eigenvalue weighted by molar-refractivity contribution is 5.81. The van der Waals surface area contributed by atoms with Crippen molar-refractivity contribution in [2.75, 3.05) is 0 Å². The summed E-state index contributed by atoms with van der Waals surface area (Å²) in [6.45, 7) is 4.60. The zero-order valence-electron chi connectivity index (χ0n) is 11.7. The van der Waals surface area contributed by atoms with Gasteiger partial charge in [0.05, 0.1) is 0 Å². The van der Waals surface area contributed by atoms with Crippen LogP contribution >= 0.6 is 0 Å². The Bertz CT molecular complexity index is 607. The Hall–Kier alpha value is -1.82. The van der Waals surface area contributed by atoms with Crippen LogP contribution in [-0.2, 0) is 11.8 Å². The van der Waals surface area contributed by atoms with Crippen molar-refractivity contribution < 1.29 is 0 Å². The molecule has 0 radical (unpaired) electrons. The lowest BCUT2D eigenvalue weighted by Crippen LogP contribution is -2.21. The summed E-state index contributed by atoms with van der Waals surface area (Å²) >= 11 is 0. The molecule has 96 valence electrons. The van der Waals surface area contributed by atoms with E-state index in [2.05, 4.69) is 74.5 Å². The van der Waals surface area contributed by atoms with Crippen molar-refractivity contribution in [2.24, 2.45) is 0 Å². The highest BCUT2D eigenvalue weighted by Gasteiger charge is 2.38. The van der Waals surface area contributed by atoms with Gasteiger partial charge in [-0.3, -0.25) is 0 Å². The third-order valence-electron chi connectivity index (χ3n) is 4.27. The second kappa shape index (κ2) is 4.70. The first-order chi connectivity index (χ1) is 9.25. The quantitative estimate of drug-likeness (QED) is 0.702. The first-order valence-electron chi connectivity index (χ1n) is 7.10. The third-order valence-corrected chi connectivity index (χ3v) is 4.27. The third kappa shape index (κ3) is 1.92. The van der Waals surface area contributed by atoms with Crippen LogP contribution in [0.15, 0.2) is 60.7 Å². The van der Waals surface area contributed by atoms with E-state index < -0.39 is 0 Å². The monoisotopic (exact) mass is 248 g/mol. The van der Waals surface area contributed by atoms with E-state index in [9.17, 15) is 0 Å². The van der Waals surface area contributed by atoms with Crippen molar-refractivity contribution in [1.29, 1.82) is 0 Å². The molecule has 0 spiro atoms. The van der Waals surface area contributed by atoms with Crippen LogP contribution in [0.3, 0.4) is 0 Å². The summed E-state index contributed by atoms with van der Waals surface area (Å²) in [4.78, 5) is 0. The molecule has 19 heavy (non-hydrogen) atoms. The lowest BCUT2D eigenvalue weighted by atomic mass is 9.76. The van der Waals surface area contributed by atoms with Crippen LogP contribution in [0.5, 0.6) is 0 Å². The van der Waals surface area contributed by atoms with Crippen LogP contribution in [0, 0.1) is 0 Å². The van der Waals surface area contributed by atoms with Gasteiger partial charge in [-0.05, 0) is 35.1 Å². The number of rotatable bonds is 2. The second-order valence-corrected chi connectivity index (χ2v) is 5.56. The summed E-state index contributed by atoms with van der Waals surface area (Å²) in [6.07, 6.45) is 4.60. The van der Waals surface area contributed by atoms with E-state index in [1.165, 1.54) is 22.3 Å². The van der Waals surface area contributed by atoms with Gasteiger partial charge in [0.2, 0.25) is 0 Å². The van der Waals surface area contributed by atoms with Gasteiger partial charge in [-0.1, -0.05) is 74.5 Å². The molecule has 0 heterocycles. The van der Waals surface area contributed by atoms with Crippen molar-refractivity contribution in [2.45, 2.75) is 32.1 Å². The Labute approximate surface area is 115 Å². The van der Waals surface area contributed by atoms with Gasteiger partial charge in [-0.15, -0.1) is 0 Å². The van der Waals surface area contributed by atoms with Crippen molar-refractivity contribution in [3.63, 3.8) is 0 Å². The molecule has 1 aliphatic carbocycles. The Morgan fingerprint density at radius 2 is 1.68 bits per heavy atom. The van der Waals surface area contributed by atoms with Crippen LogP contribution < -0.4 is 0 Å². The summed E-state index contributed by atoms with van der Waals surface area (Å²) < 4.78 is 0. The maximum absolute atomic E-state index is 2.40. The molecular formula is C19H20. The van der Waals surface area contributed by atoms with Gasteiger partial charge in [0, 0.05) is 5.41 Å². The Morgan fingerprint density at radius 1 is 1.00 bits per heavy atom. The van der Waals surface area contributed by atoms with Crippen LogP contribution in [-0.4, -0.2) is 0 Å². The molecule has 0 N–H and O–H groups in total. The lowest BCUT2D eigenvalue weighted by molar-refractivity contribution is 0.636. The fourth-order valence-corrected chi connectivity index (χ4v) is 3.31. The molecule has 0 aliphatic heterocycles. The van der Waals surface area contributed by atoms with E-state index >= 15 is 0 Å². The van der Waals surface area contributed by atoms with Gasteiger partial charge in [-0.25, -0.2) is 0 Å². The summed E-state index contributed by atoms with van der Waals surface area (Å²) in [5.41, 5.74) is 5.97. The average Bonchev–Trinajstić information content (AvgIpc) is 2.75. The maximum atomic E-state index is 2.40. The minimum atomic E-state index is 0.126. The topological polar surface area (TPSA) is 0 Å². The Balaban J connectivity index is 2.17. The summed E-state index contributed by atoms with van der Waals surface area (Å²) in [5.74, 6) is 0. The predicted octanol–water partition coefficient (Wildman–Crippen LogP) is 4.99. The van der Waals surface area contributed by atoms with Gasteiger partial charge in [0.1, 0.15) is 0 Å². The fourth-order valence-electron chi connectivity index (χ4n) is 3.31. The molecule has 0 nitrogen and oxygen atoms in total. The molecule has 3 rings (SSSR count). The SMILES string of the molecule is CC/C=C1/c2ccccc2CC1(C)c1ccccc1. The average molecular weight is 248 g/mol. The second-order valence-electron chi connectivity index (χ2n) is 5.56. The van der Waals surface area contributed by atoms with Crippen molar-refractivity contribution in [3.8, 4) is 0 Å². The number of hydrogen-bond donors (Lipinski definition) is 0. The predicted molar refractivity (Wildman–Crippen MR) is 82.2 cm³/mol. The lowest BCUT2D eigenvalue weighted by Gasteiger charge is -2.27. The van der Waals surface area contributed by atoms with Gasteiger partial charge in [-0.2, -0.15) is 0 Å². The number of hydrogen-bond acceptors (Lipinski definition) is 0. The first-order valence-corrected chi connectivity index (χ1v) is 7.10. The van der Waals surface area contributed by atoms with Crippen LogP contribution in [0.25, 0.3) is 5.57 Å². The molecule has 1 aliphatic rings. The summed E-state index contributed by atoms with van der Waals surface area (Å²) in [7, 11) is 0. The first kappa shape index (κ1) is 12.2. The van der Waals surface area contributed by atoms with E-state index in [0.29, 0.717) is 0 Å². The highest BCUT2D eigenvalue weighted by Crippen LogP contribution is 2.48. The molecule has 1 atom stereocenters. The molecule has 2 aromatic rings. The molecule has 0 saturated carbocycles. The zero-order valence-corrected chi connectivity index (χ0v) is 11.7. The number of allylic oxidation sites excluding steroid dienone is 2. The fraction of sp³-hybridized carbons (Fsp3) is 0.263. The molecule has 2 aromatic carbocycles. The molecular weight excluding hydrogens is 228 g/mol. The smallest absolute Gasteiger partial charge is 0.0218 e. The largest absolute Gasteiger partial charge is 0.0801 e. The Kier molecular flexibility index (Phi) is 3.02. The van der Waals surface area contributed by atoms with E-state index in [-0.39, 0.29) is 5.41 Å². The van der Waals surface area contributed by atoms with Crippen molar-refractivity contribution in [1.82, 2.24) is 0 Å². The standard InChI is InChI=1S/C19H20/c1-3-9-18-17-13-8-7-10-15(17)14-19(18,2)16-11-5-4-6-12-16/h4-13H,3,14H2,1-2H3/b18-9-. The Morgan fingerprint density at radius 3 is 2.42 bits per heavy atom. The molecule has 0 saturated heterocycles. The van der Waals surface area contributed by atoms with Crippen LogP contribution in [0.4, 0.5) is 0 Å². The molecule has 0 bridgehead atoms. The van der Waals surface area contributed by atoms with Crippen molar-refractivity contribution >= 4 is 5.57 Å². The minimum Gasteiger partial charge on any atom is -0.0801 e. The van der Waals surface area contributed by atoms with Gasteiger partial charge in [0.15, 0.2) is 0 Å². The van der Waals surface area contributed by atoms with E-state index in [1.54, 1.807) is 0 Å².